The van der Waals surface area contributed by atoms with Crippen molar-refractivity contribution in [2.45, 2.75) is 39.5 Å². The Morgan fingerprint density at radius 2 is 2.16 bits per heavy atom. The van der Waals surface area contributed by atoms with Crippen LogP contribution in [-0.4, -0.2) is 31.4 Å². The number of fused-ring (bicyclic) bond motifs is 1. The highest BCUT2D eigenvalue weighted by molar-refractivity contribution is 5.85. The number of nitrogens with two attached hydrogens (primary N) is 1. The van der Waals surface area contributed by atoms with E-state index in [0.717, 1.165) is 32.4 Å². The van der Waals surface area contributed by atoms with Crippen LogP contribution in [0.15, 0.2) is 0 Å². The highest BCUT2D eigenvalue weighted by atomic mass is 16.2. The summed E-state index contributed by atoms with van der Waals surface area (Å²) in [5, 5.41) is 6.31. The Morgan fingerprint density at radius 1 is 1.42 bits per heavy atom. The van der Waals surface area contributed by atoms with E-state index in [-0.39, 0.29) is 17.2 Å². The van der Waals surface area contributed by atoms with Gasteiger partial charge in [-0.3, -0.25) is 9.59 Å². The van der Waals surface area contributed by atoms with Gasteiger partial charge in [-0.2, -0.15) is 0 Å². The van der Waals surface area contributed by atoms with E-state index in [1.54, 1.807) is 13.8 Å². The van der Waals surface area contributed by atoms with Gasteiger partial charge in [0.15, 0.2) is 0 Å². The van der Waals surface area contributed by atoms with E-state index in [2.05, 4.69) is 10.6 Å². The maximum absolute atomic E-state index is 12.6. The predicted octanol–water partition coefficient (Wildman–Crippen LogP) is 0.394. The van der Waals surface area contributed by atoms with E-state index in [9.17, 15) is 9.59 Å². The van der Waals surface area contributed by atoms with Gasteiger partial charge in [-0.05, 0) is 39.2 Å². The lowest BCUT2D eigenvalue weighted by molar-refractivity contribution is -0.135. The van der Waals surface area contributed by atoms with Crippen LogP contribution in [0.2, 0.25) is 0 Å². The van der Waals surface area contributed by atoms with Crippen LogP contribution in [0.4, 0.5) is 0 Å². The lowest BCUT2D eigenvalue weighted by Crippen LogP contribution is -2.51. The van der Waals surface area contributed by atoms with Crippen molar-refractivity contribution in [1.82, 2.24) is 10.6 Å². The molecule has 1 saturated heterocycles. The number of hydrogen-bond donors (Lipinski definition) is 3. The van der Waals surface area contributed by atoms with Crippen LogP contribution in [0.1, 0.15) is 39.5 Å². The second kappa shape index (κ2) is 5.12. The molecule has 2 fully saturated rings. The Balaban J connectivity index is 2.01. The maximum atomic E-state index is 12.6. The summed E-state index contributed by atoms with van der Waals surface area (Å²) in [6, 6.07) is 0. The second-order valence-electron chi connectivity index (χ2n) is 6.66. The molecule has 0 radical (unpaired) electrons. The minimum Gasteiger partial charge on any atom is -0.369 e. The van der Waals surface area contributed by atoms with Crippen molar-refractivity contribution in [1.29, 1.82) is 0 Å². The Kier molecular flexibility index (Phi) is 3.85. The first-order valence-corrected chi connectivity index (χ1v) is 7.17. The number of primary amides is 1. The normalized spacial score (nSPS) is 30.7. The third-order valence-electron chi connectivity index (χ3n) is 4.85. The quantitative estimate of drug-likeness (QED) is 0.689. The minimum atomic E-state index is -0.692. The monoisotopic (exact) mass is 267 g/mol. The smallest absolute Gasteiger partial charge is 0.227 e. The first-order valence-electron chi connectivity index (χ1n) is 7.17. The molecule has 2 rings (SSSR count). The van der Waals surface area contributed by atoms with E-state index in [0.29, 0.717) is 12.5 Å². The summed E-state index contributed by atoms with van der Waals surface area (Å²) >= 11 is 0. The van der Waals surface area contributed by atoms with Gasteiger partial charge in [0.1, 0.15) is 0 Å². The molecule has 2 aliphatic rings. The number of hydrogen-bond acceptors (Lipinski definition) is 3. The van der Waals surface area contributed by atoms with Crippen LogP contribution in [0, 0.1) is 16.7 Å². The molecular weight excluding hydrogens is 242 g/mol. The molecule has 0 spiro atoms. The fourth-order valence-corrected chi connectivity index (χ4v) is 3.25. The van der Waals surface area contributed by atoms with Gasteiger partial charge in [0, 0.05) is 13.1 Å². The molecule has 0 aromatic rings. The third-order valence-corrected chi connectivity index (χ3v) is 4.85. The van der Waals surface area contributed by atoms with Crippen molar-refractivity contribution >= 4 is 11.8 Å². The Labute approximate surface area is 114 Å². The van der Waals surface area contributed by atoms with Gasteiger partial charge in [0.25, 0.3) is 0 Å². The van der Waals surface area contributed by atoms with Gasteiger partial charge in [0.2, 0.25) is 11.8 Å². The molecule has 2 atom stereocenters. The van der Waals surface area contributed by atoms with Crippen molar-refractivity contribution < 1.29 is 9.59 Å². The summed E-state index contributed by atoms with van der Waals surface area (Å²) in [5.41, 5.74) is 4.39. The molecule has 1 aliphatic heterocycles. The van der Waals surface area contributed by atoms with Crippen molar-refractivity contribution in [3.63, 3.8) is 0 Å². The SMILES string of the molecule is CC(C)(CNC(=O)[C@@]12CCCC[C@H]1CNC2)C(N)=O. The van der Waals surface area contributed by atoms with E-state index in [1.165, 1.54) is 6.42 Å². The molecule has 5 heteroatoms. The summed E-state index contributed by atoms with van der Waals surface area (Å²) in [6.07, 6.45) is 4.41. The van der Waals surface area contributed by atoms with Gasteiger partial charge in [-0.1, -0.05) is 12.8 Å². The zero-order valence-corrected chi connectivity index (χ0v) is 11.9. The van der Waals surface area contributed by atoms with Gasteiger partial charge in [-0.15, -0.1) is 0 Å². The summed E-state index contributed by atoms with van der Waals surface area (Å²) in [7, 11) is 0. The van der Waals surface area contributed by atoms with E-state index in [1.807, 2.05) is 0 Å². The van der Waals surface area contributed by atoms with Gasteiger partial charge < -0.3 is 16.4 Å². The predicted molar refractivity (Wildman–Crippen MR) is 73.2 cm³/mol. The third kappa shape index (κ3) is 2.61. The van der Waals surface area contributed by atoms with Gasteiger partial charge >= 0.3 is 0 Å². The minimum absolute atomic E-state index is 0.0940. The number of carbonyl (C=O) groups excluding carboxylic acids is 2. The number of rotatable bonds is 4. The topological polar surface area (TPSA) is 84.2 Å². The van der Waals surface area contributed by atoms with Gasteiger partial charge in [0.05, 0.1) is 10.8 Å². The van der Waals surface area contributed by atoms with Crippen LogP contribution in [0.5, 0.6) is 0 Å². The van der Waals surface area contributed by atoms with Crippen molar-refractivity contribution in [2.75, 3.05) is 19.6 Å². The van der Waals surface area contributed by atoms with E-state index < -0.39 is 5.41 Å². The molecule has 1 aliphatic carbocycles. The zero-order chi connectivity index (χ0) is 14.1. The maximum Gasteiger partial charge on any atom is 0.227 e. The van der Waals surface area contributed by atoms with Crippen molar-refractivity contribution in [3.8, 4) is 0 Å². The van der Waals surface area contributed by atoms with Crippen LogP contribution in [-0.2, 0) is 9.59 Å². The second-order valence-corrected chi connectivity index (χ2v) is 6.66. The molecule has 19 heavy (non-hydrogen) atoms. The molecule has 0 aromatic heterocycles. The summed E-state index contributed by atoms with van der Waals surface area (Å²) < 4.78 is 0. The molecule has 0 aromatic carbocycles. The van der Waals surface area contributed by atoms with Crippen molar-refractivity contribution in [2.24, 2.45) is 22.5 Å². The standard InChI is InChI=1S/C14H25N3O2/c1-13(2,11(15)18)8-17-12(19)14-6-4-3-5-10(14)7-16-9-14/h10,16H,3-9H2,1-2H3,(H2,15,18)(H,17,19)/t10-,14+/m0/s1. The Hall–Kier alpha value is -1.10. The van der Waals surface area contributed by atoms with Crippen molar-refractivity contribution in [3.05, 3.63) is 0 Å². The fraction of sp³-hybridized carbons (Fsp3) is 0.857. The highest BCUT2D eigenvalue weighted by Crippen LogP contribution is 2.43. The first kappa shape index (κ1) is 14.3. The van der Waals surface area contributed by atoms with E-state index in [4.69, 9.17) is 5.73 Å². The molecule has 1 heterocycles. The van der Waals surface area contributed by atoms with Crippen LogP contribution < -0.4 is 16.4 Å². The molecular formula is C14H25N3O2. The summed E-state index contributed by atoms with van der Waals surface area (Å²) in [4.78, 5) is 23.9. The summed E-state index contributed by atoms with van der Waals surface area (Å²) in [5.74, 6) is 0.157. The van der Waals surface area contributed by atoms with Crippen LogP contribution >= 0.6 is 0 Å². The molecule has 1 saturated carbocycles. The highest BCUT2D eigenvalue weighted by Gasteiger charge is 2.49. The zero-order valence-electron chi connectivity index (χ0n) is 11.9. The van der Waals surface area contributed by atoms with Crippen LogP contribution in [0.25, 0.3) is 0 Å². The molecule has 4 N–H and O–H groups in total. The Morgan fingerprint density at radius 3 is 2.84 bits per heavy atom. The number of nitrogens with one attached hydrogen (secondary N) is 2. The lowest BCUT2D eigenvalue weighted by atomic mass is 9.67. The average molecular weight is 267 g/mol. The fourth-order valence-electron chi connectivity index (χ4n) is 3.25. The first-order chi connectivity index (χ1) is 8.88. The number of amides is 2. The lowest BCUT2D eigenvalue weighted by Gasteiger charge is -2.37. The van der Waals surface area contributed by atoms with E-state index >= 15 is 0 Å². The number of carbonyl (C=O) groups is 2. The van der Waals surface area contributed by atoms with Crippen LogP contribution in [0.3, 0.4) is 0 Å². The largest absolute Gasteiger partial charge is 0.369 e. The molecule has 5 nitrogen and oxygen atoms in total. The molecule has 108 valence electrons. The molecule has 0 unspecified atom stereocenters. The molecule has 2 amide bonds. The Bertz CT molecular complexity index is 381. The molecule has 0 bridgehead atoms. The van der Waals surface area contributed by atoms with Gasteiger partial charge in [-0.25, -0.2) is 0 Å². The summed E-state index contributed by atoms with van der Waals surface area (Å²) in [6.45, 7) is 5.54. The average Bonchev–Trinajstić information content (AvgIpc) is 2.80.